The van der Waals surface area contributed by atoms with E-state index in [1.54, 1.807) is 6.07 Å². The van der Waals surface area contributed by atoms with E-state index < -0.39 is 11.7 Å². The van der Waals surface area contributed by atoms with Crippen molar-refractivity contribution in [3.05, 3.63) is 34.3 Å². The van der Waals surface area contributed by atoms with Gasteiger partial charge in [0.15, 0.2) is 0 Å². The molecule has 0 saturated carbocycles. The van der Waals surface area contributed by atoms with Gasteiger partial charge in [0.05, 0.1) is 10.6 Å². The van der Waals surface area contributed by atoms with Crippen molar-refractivity contribution in [1.82, 2.24) is 10.6 Å². The molecule has 1 heterocycles. The van der Waals surface area contributed by atoms with Crippen molar-refractivity contribution in [2.75, 3.05) is 19.6 Å². The molecule has 1 aromatic rings. The minimum atomic E-state index is -4.41. The van der Waals surface area contributed by atoms with Crippen LogP contribution in [0.15, 0.2) is 18.2 Å². The SMILES string of the molecule is FC(F)(F)c1cc([C@@H]2CNCCN2)ccc1Cl. The van der Waals surface area contributed by atoms with Crippen molar-refractivity contribution < 1.29 is 13.2 Å². The van der Waals surface area contributed by atoms with E-state index in [1.165, 1.54) is 6.07 Å². The van der Waals surface area contributed by atoms with Gasteiger partial charge in [0.2, 0.25) is 0 Å². The summed E-state index contributed by atoms with van der Waals surface area (Å²) < 4.78 is 38.0. The second-order valence-electron chi connectivity index (χ2n) is 3.95. The molecule has 94 valence electrons. The molecule has 2 rings (SSSR count). The van der Waals surface area contributed by atoms with Crippen LogP contribution in [-0.4, -0.2) is 19.6 Å². The van der Waals surface area contributed by atoms with E-state index in [1.807, 2.05) is 0 Å². The zero-order valence-corrected chi connectivity index (χ0v) is 9.70. The van der Waals surface area contributed by atoms with Crippen molar-refractivity contribution in [3.8, 4) is 0 Å². The molecule has 0 aliphatic carbocycles. The smallest absolute Gasteiger partial charge is 0.314 e. The third-order valence-electron chi connectivity index (χ3n) is 2.74. The third-order valence-corrected chi connectivity index (χ3v) is 3.07. The second-order valence-corrected chi connectivity index (χ2v) is 4.36. The highest BCUT2D eigenvalue weighted by Gasteiger charge is 2.33. The summed E-state index contributed by atoms with van der Waals surface area (Å²) >= 11 is 5.56. The van der Waals surface area contributed by atoms with Crippen LogP contribution < -0.4 is 10.6 Å². The van der Waals surface area contributed by atoms with Crippen LogP contribution in [0.4, 0.5) is 13.2 Å². The highest BCUT2D eigenvalue weighted by Crippen LogP contribution is 2.36. The Bertz CT molecular complexity index is 400. The van der Waals surface area contributed by atoms with E-state index in [4.69, 9.17) is 11.6 Å². The molecule has 17 heavy (non-hydrogen) atoms. The molecule has 1 aromatic carbocycles. The highest BCUT2D eigenvalue weighted by molar-refractivity contribution is 6.31. The number of hydrogen-bond donors (Lipinski definition) is 2. The van der Waals surface area contributed by atoms with Gasteiger partial charge >= 0.3 is 6.18 Å². The van der Waals surface area contributed by atoms with Crippen LogP contribution in [0.5, 0.6) is 0 Å². The average Bonchev–Trinajstić information content (AvgIpc) is 2.29. The molecule has 6 heteroatoms. The molecule has 0 amide bonds. The van der Waals surface area contributed by atoms with Crippen LogP contribution in [0.3, 0.4) is 0 Å². The predicted octanol–water partition coefficient (Wildman–Crippen LogP) is 2.59. The van der Waals surface area contributed by atoms with Gasteiger partial charge in [0.25, 0.3) is 0 Å². The normalized spacial score (nSPS) is 21.5. The third kappa shape index (κ3) is 2.91. The highest BCUT2D eigenvalue weighted by atomic mass is 35.5. The van der Waals surface area contributed by atoms with E-state index in [2.05, 4.69) is 10.6 Å². The van der Waals surface area contributed by atoms with E-state index in [0.29, 0.717) is 12.1 Å². The summed E-state index contributed by atoms with van der Waals surface area (Å²) in [6.07, 6.45) is -4.41. The summed E-state index contributed by atoms with van der Waals surface area (Å²) in [5.74, 6) is 0. The number of halogens is 4. The van der Waals surface area contributed by atoms with Gasteiger partial charge in [-0.1, -0.05) is 17.7 Å². The van der Waals surface area contributed by atoms with Gasteiger partial charge < -0.3 is 10.6 Å². The maximum absolute atomic E-state index is 12.7. The number of piperazine rings is 1. The fraction of sp³-hybridized carbons (Fsp3) is 0.455. The number of rotatable bonds is 1. The Kier molecular flexibility index (Phi) is 3.61. The molecule has 1 saturated heterocycles. The van der Waals surface area contributed by atoms with Gasteiger partial charge in [-0.15, -0.1) is 0 Å². The van der Waals surface area contributed by atoms with Crippen LogP contribution in [-0.2, 0) is 6.18 Å². The van der Waals surface area contributed by atoms with Crippen molar-refractivity contribution in [2.24, 2.45) is 0 Å². The van der Waals surface area contributed by atoms with Crippen LogP contribution >= 0.6 is 11.6 Å². The Morgan fingerprint density at radius 3 is 2.59 bits per heavy atom. The Morgan fingerprint density at radius 1 is 1.24 bits per heavy atom. The molecule has 0 unspecified atom stereocenters. The van der Waals surface area contributed by atoms with E-state index in [0.717, 1.165) is 19.2 Å². The second kappa shape index (κ2) is 4.84. The Morgan fingerprint density at radius 2 is 2.00 bits per heavy atom. The van der Waals surface area contributed by atoms with Crippen molar-refractivity contribution in [1.29, 1.82) is 0 Å². The van der Waals surface area contributed by atoms with Gasteiger partial charge in [0, 0.05) is 25.7 Å². The molecule has 0 bridgehead atoms. The van der Waals surface area contributed by atoms with E-state index in [9.17, 15) is 13.2 Å². The van der Waals surface area contributed by atoms with Gasteiger partial charge in [0.1, 0.15) is 0 Å². The minimum absolute atomic E-state index is 0.0953. The van der Waals surface area contributed by atoms with Gasteiger partial charge in [-0.3, -0.25) is 0 Å². The standard InChI is InChI=1S/C11H12ClF3N2/c12-9-2-1-7(5-8(9)11(13,14)15)10-6-16-3-4-17-10/h1-2,5,10,16-17H,3-4,6H2/t10-/m0/s1. The lowest BCUT2D eigenvalue weighted by molar-refractivity contribution is -0.137. The first-order chi connectivity index (χ1) is 7.98. The molecular formula is C11H12ClF3N2. The first-order valence-corrected chi connectivity index (χ1v) is 5.67. The Balaban J connectivity index is 2.30. The zero-order valence-electron chi connectivity index (χ0n) is 8.94. The molecule has 1 aliphatic heterocycles. The first-order valence-electron chi connectivity index (χ1n) is 5.29. The molecule has 1 atom stereocenters. The van der Waals surface area contributed by atoms with Crippen LogP contribution in [0, 0.1) is 0 Å². The zero-order chi connectivity index (χ0) is 12.5. The molecule has 1 fully saturated rings. The Hall–Kier alpha value is -0.780. The summed E-state index contributed by atoms with van der Waals surface area (Å²) in [4.78, 5) is 0. The monoisotopic (exact) mass is 264 g/mol. The van der Waals surface area contributed by atoms with Crippen LogP contribution in [0.1, 0.15) is 17.2 Å². The maximum atomic E-state index is 12.7. The maximum Gasteiger partial charge on any atom is 0.417 e. The van der Waals surface area contributed by atoms with Gasteiger partial charge in [-0.2, -0.15) is 13.2 Å². The van der Waals surface area contributed by atoms with E-state index in [-0.39, 0.29) is 11.1 Å². The lowest BCUT2D eigenvalue weighted by Crippen LogP contribution is -2.42. The minimum Gasteiger partial charge on any atom is -0.314 e. The molecule has 1 aliphatic rings. The van der Waals surface area contributed by atoms with Crippen molar-refractivity contribution in [3.63, 3.8) is 0 Å². The summed E-state index contributed by atoms with van der Waals surface area (Å²) in [5, 5.41) is 6.03. The quantitative estimate of drug-likeness (QED) is 0.815. The summed E-state index contributed by atoms with van der Waals surface area (Å²) in [7, 11) is 0. The summed E-state index contributed by atoms with van der Waals surface area (Å²) in [5.41, 5.74) is -0.169. The molecule has 0 radical (unpaired) electrons. The van der Waals surface area contributed by atoms with Crippen LogP contribution in [0.2, 0.25) is 5.02 Å². The van der Waals surface area contributed by atoms with Crippen LogP contribution in [0.25, 0.3) is 0 Å². The van der Waals surface area contributed by atoms with Crippen molar-refractivity contribution >= 4 is 11.6 Å². The molecule has 2 N–H and O–H groups in total. The topological polar surface area (TPSA) is 24.1 Å². The number of alkyl halides is 3. The van der Waals surface area contributed by atoms with E-state index >= 15 is 0 Å². The van der Waals surface area contributed by atoms with Crippen molar-refractivity contribution in [2.45, 2.75) is 12.2 Å². The fourth-order valence-electron chi connectivity index (χ4n) is 1.87. The first kappa shape index (κ1) is 12.7. The number of hydrogen-bond acceptors (Lipinski definition) is 2. The van der Waals surface area contributed by atoms with Gasteiger partial charge in [-0.25, -0.2) is 0 Å². The Labute approximate surface area is 102 Å². The predicted molar refractivity (Wildman–Crippen MR) is 60.1 cm³/mol. The largest absolute Gasteiger partial charge is 0.417 e. The molecule has 0 spiro atoms. The average molecular weight is 265 g/mol. The van der Waals surface area contributed by atoms with Gasteiger partial charge in [-0.05, 0) is 17.7 Å². The number of benzene rings is 1. The number of nitrogens with one attached hydrogen (secondary N) is 2. The summed E-state index contributed by atoms with van der Waals surface area (Å²) in [6.45, 7) is 2.20. The molecule has 2 nitrogen and oxygen atoms in total. The lowest BCUT2D eigenvalue weighted by atomic mass is 10.0. The fourth-order valence-corrected chi connectivity index (χ4v) is 2.09. The lowest BCUT2D eigenvalue weighted by Gasteiger charge is -2.25. The summed E-state index contributed by atoms with van der Waals surface area (Å²) in [6, 6.07) is 3.95. The molecule has 0 aromatic heterocycles. The molecular weight excluding hydrogens is 253 g/mol.